The fourth-order valence-corrected chi connectivity index (χ4v) is 6.69. The molecular formula is C29H29N3O3S2. The molecule has 1 atom stereocenters. The highest BCUT2D eigenvalue weighted by atomic mass is 32.1. The Kier molecular flexibility index (Phi) is 7.26. The van der Waals surface area contributed by atoms with E-state index in [1.165, 1.54) is 11.3 Å². The number of amides is 1. The molecule has 0 radical (unpaired) electrons. The molecule has 3 heterocycles. The highest BCUT2D eigenvalue weighted by molar-refractivity contribution is 7.18. The largest absolute Gasteiger partial charge is 0.387 e. The highest BCUT2D eigenvalue weighted by Crippen LogP contribution is 2.31. The van der Waals surface area contributed by atoms with Crippen LogP contribution in [0.15, 0.2) is 71.0 Å². The number of fused-ring (bicyclic) bond motifs is 2. The van der Waals surface area contributed by atoms with Crippen molar-refractivity contribution >= 4 is 48.9 Å². The maximum atomic E-state index is 13.2. The van der Waals surface area contributed by atoms with Gasteiger partial charge in [0.2, 0.25) is 5.43 Å². The molecule has 8 heteroatoms. The van der Waals surface area contributed by atoms with E-state index in [9.17, 15) is 14.7 Å². The molecule has 2 N–H and O–H groups in total. The van der Waals surface area contributed by atoms with E-state index in [2.05, 4.69) is 16.3 Å². The molecule has 1 unspecified atom stereocenters. The van der Waals surface area contributed by atoms with E-state index in [4.69, 9.17) is 0 Å². The van der Waals surface area contributed by atoms with Crippen LogP contribution in [-0.2, 0) is 20.1 Å². The molecule has 0 spiro atoms. The molecule has 37 heavy (non-hydrogen) atoms. The Hall–Kier alpha value is -3.30. The number of likely N-dealkylation sites (N-methyl/N-ethyl adjacent to an activating group) is 1. The molecule has 0 aliphatic carbocycles. The van der Waals surface area contributed by atoms with E-state index in [0.29, 0.717) is 25.0 Å². The zero-order chi connectivity index (χ0) is 26.1. The lowest BCUT2D eigenvalue weighted by Crippen LogP contribution is -2.29. The van der Waals surface area contributed by atoms with Gasteiger partial charge in [-0.3, -0.25) is 14.5 Å². The summed E-state index contributed by atoms with van der Waals surface area (Å²) >= 11 is 3.17. The van der Waals surface area contributed by atoms with Gasteiger partial charge in [-0.25, -0.2) is 0 Å². The second-order valence-electron chi connectivity index (χ2n) is 9.48. The minimum atomic E-state index is -0.606. The highest BCUT2D eigenvalue weighted by Gasteiger charge is 2.19. The van der Waals surface area contributed by atoms with Gasteiger partial charge in [-0.05, 0) is 42.4 Å². The van der Waals surface area contributed by atoms with Crippen molar-refractivity contribution in [3.05, 3.63) is 104 Å². The van der Waals surface area contributed by atoms with Crippen molar-refractivity contribution < 1.29 is 9.90 Å². The molecule has 5 aromatic rings. The number of rotatable bonds is 8. The molecule has 0 bridgehead atoms. The van der Waals surface area contributed by atoms with Gasteiger partial charge in [0, 0.05) is 48.0 Å². The van der Waals surface area contributed by atoms with Gasteiger partial charge in [0.05, 0.1) is 11.5 Å². The summed E-state index contributed by atoms with van der Waals surface area (Å²) in [5.74, 6) is -0.376. The third-order valence-corrected chi connectivity index (χ3v) is 8.69. The Labute approximate surface area is 223 Å². The average molecular weight is 532 g/mol. The van der Waals surface area contributed by atoms with Crippen LogP contribution in [0.5, 0.6) is 0 Å². The molecule has 0 fully saturated rings. The van der Waals surface area contributed by atoms with Crippen molar-refractivity contribution in [2.45, 2.75) is 26.1 Å². The fourth-order valence-electron chi connectivity index (χ4n) is 4.52. The smallest absolute Gasteiger partial charge is 0.257 e. The minimum absolute atomic E-state index is 0.138. The number of aliphatic hydroxyl groups excluding tert-OH is 1. The first-order valence-electron chi connectivity index (χ1n) is 12.1. The number of benzene rings is 2. The molecule has 5 rings (SSSR count). The Morgan fingerprint density at radius 1 is 1.14 bits per heavy atom. The number of carbonyl (C=O) groups is 1. The molecule has 0 saturated heterocycles. The number of nitrogens with zero attached hydrogens (tertiary/aromatic N) is 2. The number of aryl methyl sites for hydroxylation is 2. The number of hydrogen-bond acceptors (Lipinski definition) is 6. The summed E-state index contributed by atoms with van der Waals surface area (Å²) in [7, 11) is 3.82. The predicted molar refractivity (Wildman–Crippen MR) is 153 cm³/mol. The van der Waals surface area contributed by atoms with Crippen LogP contribution < -0.4 is 10.7 Å². The third-order valence-electron chi connectivity index (χ3n) is 6.49. The summed E-state index contributed by atoms with van der Waals surface area (Å²) in [4.78, 5) is 30.0. The summed E-state index contributed by atoms with van der Waals surface area (Å²) < 4.78 is 3.01. The normalized spacial score (nSPS) is 12.5. The van der Waals surface area contributed by atoms with Crippen molar-refractivity contribution in [2.75, 3.05) is 13.6 Å². The van der Waals surface area contributed by atoms with Gasteiger partial charge >= 0.3 is 0 Å². The Morgan fingerprint density at radius 3 is 2.68 bits per heavy atom. The molecule has 1 amide bonds. The van der Waals surface area contributed by atoms with E-state index < -0.39 is 6.10 Å². The number of aliphatic hydroxyl groups is 1. The first kappa shape index (κ1) is 25.4. The van der Waals surface area contributed by atoms with Crippen LogP contribution in [0, 0.1) is 6.92 Å². The summed E-state index contributed by atoms with van der Waals surface area (Å²) in [5.41, 5.74) is 2.96. The van der Waals surface area contributed by atoms with Crippen molar-refractivity contribution in [1.82, 2.24) is 14.8 Å². The van der Waals surface area contributed by atoms with Gasteiger partial charge < -0.3 is 15.0 Å². The van der Waals surface area contributed by atoms with Crippen LogP contribution in [-0.4, -0.2) is 34.1 Å². The monoisotopic (exact) mass is 531 g/mol. The van der Waals surface area contributed by atoms with Gasteiger partial charge in [-0.1, -0.05) is 48.0 Å². The number of aromatic nitrogens is 1. The zero-order valence-electron chi connectivity index (χ0n) is 21.0. The van der Waals surface area contributed by atoms with Gasteiger partial charge in [-0.2, -0.15) is 0 Å². The van der Waals surface area contributed by atoms with Crippen LogP contribution in [0.3, 0.4) is 0 Å². The molecule has 2 aromatic carbocycles. The van der Waals surface area contributed by atoms with Crippen molar-refractivity contribution in [3.8, 4) is 0 Å². The number of pyridine rings is 1. The molecule has 190 valence electrons. The summed E-state index contributed by atoms with van der Waals surface area (Å²) in [6, 6.07) is 17.9. The summed E-state index contributed by atoms with van der Waals surface area (Å²) in [6.07, 6.45) is 1.01. The van der Waals surface area contributed by atoms with Gasteiger partial charge in [0.1, 0.15) is 10.4 Å². The van der Waals surface area contributed by atoms with Gasteiger partial charge in [0.15, 0.2) is 0 Å². The second-order valence-corrected chi connectivity index (χ2v) is 11.5. The van der Waals surface area contributed by atoms with E-state index in [0.717, 1.165) is 36.5 Å². The Balaban J connectivity index is 1.30. The first-order chi connectivity index (χ1) is 17.8. The fraction of sp³-hybridized carbons (Fsp3) is 0.241. The molecule has 0 aliphatic heterocycles. The van der Waals surface area contributed by atoms with Crippen molar-refractivity contribution in [3.63, 3.8) is 0 Å². The number of thiophene rings is 2. The van der Waals surface area contributed by atoms with Crippen molar-refractivity contribution in [1.29, 1.82) is 0 Å². The van der Waals surface area contributed by atoms with Crippen LogP contribution in [0.4, 0.5) is 0 Å². The molecule has 0 aliphatic rings. The lowest BCUT2D eigenvalue weighted by Gasteiger charge is -2.19. The van der Waals surface area contributed by atoms with Crippen LogP contribution >= 0.6 is 22.7 Å². The zero-order valence-corrected chi connectivity index (χ0v) is 22.7. The molecular weight excluding hydrogens is 502 g/mol. The quantitative estimate of drug-likeness (QED) is 0.288. The first-order valence-corrected chi connectivity index (χ1v) is 13.8. The maximum Gasteiger partial charge on any atom is 0.257 e. The van der Waals surface area contributed by atoms with E-state index in [1.807, 2.05) is 79.5 Å². The Bertz CT molecular complexity index is 1630. The average Bonchev–Trinajstić information content (AvgIpc) is 3.50. The summed E-state index contributed by atoms with van der Waals surface area (Å²) in [5, 5.41) is 17.4. The lowest BCUT2D eigenvalue weighted by molar-refractivity contribution is 0.0949. The minimum Gasteiger partial charge on any atom is -0.387 e. The molecule has 0 saturated carbocycles. The van der Waals surface area contributed by atoms with Crippen molar-refractivity contribution in [2.24, 2.45) is 7.05 Å². The van der Waals surface area contributed by atoms with E-state index in [-0.39, 0.29) is 16.9 Å². The topological polar surface area (TPSA) is 74.6 Å². The maximum absolute atomic E-state index is 13.2. The van der Waals surface area contributed by atoms with Crippen LogP contribution in [0.2, 0.25) is 0 Å². The third kappa shape index (κ3) is 5.38. The van der Waals surface area contributed by atoms with E-state index >= 15 is 0 Å². The number of nitrogens with one attached hydrogen (secondary N) is 1. The van der Waals surface area contributed by atoms with Gasteiger partial charge in [-0.15, -0.1) is 22.7 Å². The van der Waals surface area contributed by atoms with Gasteiger partial charge in [0.25, 0.3) is 5.91 Å². The SMILES string of the molecule is Cc1ccc(CNC(=O)c2cn(C)c3sc(CN(C)CC(O)c4csc5ccccc45)cc3c2=O)cc1. The predicted octanol–water partition coefficient (Wildman–Crippen LogP) is 5.22. The number of carbonyl (C=O) groups excluding carboxylic acids is 1. The molecule has 3 aromatic heterocycles. The second kappa shape index (κ2) is 10.6. The Morgan fingerprint density at radius 2 is 1.89 bits per heavy atom. The van der Waals surface area contributed by atoms with Crippen LogP contribution in [0.25, 0.3) is 20.3 Å². The van der Waals surface area contributed by atoms with E-state index in [1.54, 1.807) is 17.5 Å². The molecule has 6 nitrogen and oxygen atoms in total. The lowest BCUT2D eigenvalue weighted by atomic mass is 10.1. The standard InChI is InChI=1S/C29H29N3O3S2/c1-18-8-10-19(11-9-18)13-30-28(35)23-15-32(3)29-22(27(23)34)12-20(37-29)14-31(2)16-25(33)24-17-36-26-7-5-4-6-21(24)26/h4-12,15,17,25,33H,13-14,16H2,1-3H3,(H,30,35). The van der Waals surface area contributed by atoms with Crippen LogP contribution in [0.1, 0.15) is 38.0 Å². The number of hydrogen-bond donors (Lipinski definition) is 2. The summed E-state index contributed by atoms with van der Waals surface area (Å²) in [6.45, 7) is 3.44.